The minimum Gasteiger partial charge on any atom is -0.351 e. The van der Waals surface area contributed by atoms with Crippen molar-refractivity contribution < 1.29 is 4.79 Å². The average Bonchev–Trinajstić information content (AvgIpc) is 3.14. The first kappa shape index (κ1) is 17.1. The van der Waals surface area contributed by atoms with Crippen LogP contribution in [0.2, 0.25) is 0 Å². The van der Waals surface area contributed by atoms with E-state index < -0.39 is 0 Å². The average molecular weight is 414 g/mol. The smallest absolute Gasteiger partial charge is 0.223 e. The second kappa shape index (κ2) is 7.88. The zero-order chi connectivity index (χ0) is 16.2. The summed E-state index contributed by atoms with van der Waals surface area (Å²) in [6.07, 6.45) is 1.87. The van der Waals surface area contributed by atoms with Crippen LogP contribution in [0.5, 0.6) is 0 Å². The van der Waals surface area contributed by atoms with Gasteiger partial charge in [0.1, 0.15) is 0 Å². The molecule has 3 heterocycles. The molecule has 7 heteroatoms. The third kappa shape index (κ3) is 4.86. The second-order valence-electron chi connectivity index (χ2n) is 5.83. The lowest BCUT2D eigenvalue weighted by Gasteiger charge is -2.30. The number of likely N-dealkylation sites (tertiary alicyclic amines) is 1. The summed E-state index contributed by atoms with van der Waals surface area (Å²) in [5.41, 5.74) is 1.15. The maximum atomic E-state index is 12.3. The molecule has 23 heavy (non-hydrogen) atoms. The van der Waals surface area contributed by atoms with Crippen molar-refractivity contribution in [3.63, 3.8) is 0 Å². The van der Waals surface area contributed by atoms with E-state index in [4.69, 9.17) is 0 Å². The Morgan fingerprint density at radius 1 is 1.43 bits per heavy atom. The number of nitrogens with one attached hydrogen (secondary N) is 1. The SMILES string of the molecule is Cc1nc(CN2CCC(C(=O)NCc3ccc(Br)s3)CC2)cs1. The van der Waals surface area contributed by atoms with Crippen LogP contribution in [-0.4, -0.2) is 28.9 Å². The summed E-state index contributed by atoms with van der Waals surface area (Å²) in [5, 5.41) is 6.32. The van der Waals surface area contributed by atoms with Crippen molar-refractivity contribution in [2.45, 2.75) is 32.9 Å². The van der Waals surface area contributed by atoms with Crippen LogP contribution in [0, 0.1) is 12.8 Å². The molecule has 0 aliphatic carbocycles. The van der Waals surface area contributed by atoms with Gasteiger partial charge in [-0.05, 0) is 60.9 Å². The van der Waals surface area contributed by atoms with Gasteiger partial charge in [-0.3, -0.25) is 9.69 Å². The third-order valence-electron chi connectivity index (χ3n) is 4.08. The molecule has 0 atom stereocenters. The molecule has 1 saturated heterocycles. The molecular formula is C16H20BrN3OS2. The van der Waals surface area contributed by atoms with Crippen LogP contribution in [0.25, 0.3) is 0 Å². The Labute approximate surface area is 153 Å². The van der Waals surface area contributed by atoms with Crippen LogP contribution in [0.4, 0.5) is 0 Å². The van der Waals surface area contributed by atoms with Crippen LogP contribution < -0.4 is 5.32 Å². The van der Waals surface area contributed by atoms with Gasteiger partial charge in [0.2, 0.25) is 5.91 Å². The number of carbonyl (C=O) groups excluding carboxylic acids is 1. The molecule has 1 aliphatic rings. The number of halogens is 1. The highest BCUT2D eigenvalue weighted by Gasteiger charge is 2.25. The Kier molecular flexibility index (Phi) is 5.85. The quantitative estimate of drug-likeness (QED) is 0.810. The van der Waals surface area contributed by atoms with Gasteiger partial charge in [0.05, 0.1) is 21.0 Å². The van der Waals surface area contributed by atoms with Crippen LogP contribution in [0.1, 0.15) is 28.4 Å². The van der Waals surface area contributed by atoms with Gasteiger partial charge >= 0.3 is 0 Å². The number of aryl methyl sites for hydroxylation is 1. The fourth-order valence-corrected chi connectivity index (χ4v) is 4.86. The number of thiazole rings is 1. The Morgan fingerprint density at radius 2 is 2.22 bits per heavy atom. The number of nitrogens with zero attached hydrogens (tertiary/aromatic N) is 2. The number of rotatable bonds is 5. The molecule has 2 aromatic heterocycles. The molecule has 0 unspecified atom stereocenters. The third-order valence-corrected chi connectivity index (χ3v) is 6.52. The van der Waals surface area contributed by atoms with E-state index in [-0.39, 0.29) is 11.8 Å². The van der Waals surface area contributed by atoms with Gasteiger partial charge in [-0.2, -0.15) is 0 Å². The monoisotopic (exact) mass is 413 g/mol. The van der Waals surface area contributed by atoms with Crippen LogP contribution in [-0.2, 0) is 17.9 Å². The molecule has 124 valence electrons. The molecule has 0 aromatic carbocycles. The normalized spacial score (nSPS) is 16.6. The Bertz CT molecular complexity index is 662. The molecule has 0 radical (unpaired) electrons. The predicted molar refractivity (Wildman–Crippen MR) is 98.7 cm³/mol. The zero-order valence-electron chi connectivity index (χ0n) is 13.0. The standard InChI is InChI=1S/C16H20BrN3OS2/c1-11-19-13(10-22-11)9-20-6-4-12(5-7-20)16(21)18-8-14-2-3-15(17)23-14/h2-3,10,12H,4-9H2,1H3,(H,18,21). The fraction of sp³-hybridized carbons (Fsp3) is 0.500. The maximum absolute atomic E-state index is 12.3. The lowest BCUT2D eigenvalue weighted by atomic mass is 9.96. The topological polar surface area (TPSA) is 45.2 Å². The van der Waals surface area contributed by atoms with E-state index in [9.17, 15) is 4.79 Å². The molecule has 0 saturated carbocycles. The van der Waals surface area contributed by atoms with Crippen molar-refractivity contribution in [1.29, 1.82) is 0 Å². The van der Waals surface area contributed by atoms with E-state index in [0.29, 0.717) is 6.54 Å². The van der Waals surface area contributed by atoms with E-state index in [2.05, 4.69) is 36.5 Å². The molecule has 1 amide bonds. The molecule has 4 nitrogen and oxygen atoms in total. The van der Waals surface area contributed by atoms with Crippen LogP contribution in [0.15, 0.2) is 21.3 Å². The first-order valence-electron chi connectivity index (χ1n) is 7.75. The van der Waals surface area contributed by atoms with Gasteiger partial charge < -0.3 is 5.32 Å². The summed E-state index contributed by atoms with van der Waals surface area (Å²) in [5.74, 6) is 0.338. The van der Waals surface area contributed by atoms with Crippen molar-refractivity contribution in [2.24, 2.45) is 5.92 Å². The lowest BCUT2D eigenvalue weighted by molar-refractivity contribution is -0.126. The molecule has 1 fully saturated rings. The van der Waals surface area contributed by atoms with Crippen molar-refractivity contribution in [3.05, 3.63) is 36.9 Å². The fourth-order valence-electron chi connectivity index (χ4n) is 2.83. The summed E-state index contributed by atoms with van der Waals surface area (Å²) < 4.78 is 1.10. The highest BCUT2D eigenvalue weighted by atomic mass is 79.9. The van der Waals surface area contributed by atoms with E-state index in [1.807, 2.05) is 19.1 Å². The molecule has 2 aromatic rings. The molecule has 1 aliphatic heterocycles. The minimum atomic E-state index is 0.145. The number of hydrogen-bond acceptors (Lipinski definition) is 5. The van der Waals surface area contributed by atoms with Gasteiger partial charge in [-0.25, -0.2) is 4.98 Å². The molecular weight excluding hydrogens is 394 g/mol. The summed E-state index contributed by atoms with van der Waals surface area (Å²) >= 11 is 6.82. The largest absolute Gasteiger partial charge is 0.351 e. The Balaban J connectivity index is 1.42. The summed E-state index contributed by atoms with van der Waals surface area (Å²) in [6.45, 7) is 5.52. The number of thiophene rings is 1. The summed E-state index contributed by atoms with van der Waals surface area (Å²) in [4.78, 5) is 20.4. The number of hydrogen-bond donors (Lipinski definition) is 1. The lowest BCUT2D eigenvalue weighted by Crippen LogP contribution is -2.40. The van der Waals surface area contributed by atoms with E-state index in [1.165, 1.54) is 4.88 Å². The molecule has 3 rings (SSSR count). The second-order valence-corrected chi connectivity index (χ2v) is 9.44. The van der Waals surface area contributed by atoms with Gasteiger partial charge in [0.25, 0.3) is 0 Å². The summed E-state index contributed by atoms with van der Waals surface area (Å²) in [6, 6.07) is 4.07. The number of carbonyl (C=O) groups is 1. The van der Waals surface area contributed by atoms with E-state index in [1.54, 1.807) is 22.7 Å². The van der Waals surface area contributed by atoms with Gasteiger partial charge in [0.15, 0.2) is 0 Å². The summed E-state index contributed by atoms with van der Waals surface area (Å²) in [7, 11) is 0. The van der Waals surface area contributed by atoms with Crippen molar-refractivity contribution in [2.75, 3.05) is 13.1 Å². The van der Waals surface area contributed by atoms with Gasteiger partial charge in [0, 0.05) is 22.7 Å². The predicted octanol–water partition coefficient (Wildman–Crippen LogP) is 3.80. The molecule has 0 spiro atoms. The molecule has 1 N–H and O–H groups in total. The van der Waals surface area contributed by atoms with Crippen molar-refractivity contribution >= 4 is 44.5 Å². The van der Waals surface area contributed by atoms with E-state index in [0.717, 1.165) is 47.0 Å². The highest BCUT2D eigenvalue weighted by molar-refractivity contribution is 9.11. The number of aromatic nitrogens is 1. The van der Waals surface area contributed by atoms with Gasteiger partial charge in [-0.1, -0.05) is 0 Å². The highest BCUT2D eigenvalue weighted by Crippen LogP contribution is 2.23. The van der Waals surface area contributed by atoms with E-state index >= 15 is 0 Å². The van der Waals surface area contributed by atoms with Crippen LogP contribution >= 0.6 is 38.6 Å². The zero-order valence-corrected chi connectivity index (χ0v) is 16.3. The van der Waals surface area contributed by atoms with Crippen molar-refractivity contribution in [3.8, 4) is 0 Å². The molecule has 0 bridgehead atoms. The van der Waals surface area contributed by atoms with Crippen LogP contribution in [0.3, 0.4) is 0 Å². The number of amides is 1. The first-order chi connectivity index (χ1) is 11.1. The maximum Gasteiger partial charge on any atom is 0.223 e. The van der Waals surface area contributed by atoms with Crippen molar-refractivity contribution in [1.82, 2.24) is 15.2 Å². The Hall–Kier alpha value is -0.760. The minimum absolute atomic E-state index is 0.145. The van der Waals surface area contributed by atoms with Gasteiger partial charge in [-0.15, -0.1) is 22.7 Å². The first-order valence-corrected chi connectivity index (χ1v) is 10.2. The Morgan fingerprint density at radius 3 is 2.83 bits per heavy atom. The number of piperidine rings is 1.